The molecule has 3 aromatic rings. The van der Waals surface area contributed by atoms with Gasteiger partial charge in [0.25, 0.3) is 5.56 Å². The van der Waals surface area contributed by atoms with Crippen molar-refractivity contribution in [3.05, 3.63) is 50.1 Å². The van der Waals surface area contributed by atoms with E-state index in [0.717, 1.165) is 12.2 Å². The molecule has 0 saturated heterocycles. The fourth-order valence-electron chi connectivity index (χ4n) is 3.86. The standard InChI is InChI=1S/C20H24ClN5O3/c1-4-29-9-8-24-18(27)16-17(23(3)20(24)28)22-19-25(11-13(2)12-26(16)19)15-7-5-6-14(21)10-15/h5-7,10,13H,4,8-9,11-12H2,1-3H3/t13-/m0/s1. The van der Waals surface area contributed by atoms with E-state index in [1.165, 1.54) is 9.13 Å². The van der Waals surface area contributed by atoms with Gasteiger partial charge in [-0.15, -0.1) is 0 Å². The van der Waals surface area contributed by atoms with E-state index in [1.807, 2.05) is 35.8 Å². The van der Waals surface area contributed by atoms with E-state index in [-0.39, 0.29) is 23.7 Å². The molecule has 4 rings (SSSR count). The molecule has 2 aromatic heterocycles. The number of anilines is 2. The highest BCUT2D eigenvalue weighted by molar-refractivity contribution is 6.30. The summed E-state index contributed by atoms with van der Waals surface area (Å²) < 4.78 is 9.94. The second-order valence-electron chi connectivity index (χ2n) is 7.39. The van der Waals surface area contributed by atoms with Gasteiger partial charge >= 0.3 is 5.69 Å². The van der Waals surface area contributed by atoms with E-state index in [2.05, 4.69) is 11.8 Å². The second-order valence-corrected chi connectivity index (χ2v) is 7.82. The second kappa shape index (κ2) is 7.68. The summed E-state index contributed by atoms with van der Waals surface area (Å²) in [4.78, 5) is 32.7. The van der Waals surface area contributed by atoms with Gasteiger partial charge in [-0.3, -0.25) is 13.9 Å². The minimum Gasteiger partial charge on any atom is -0.380 e. The number of rotatable bonds is 5. The van der Waals surface area contributed by atoms with Crippen molar-refractivity contribution in [2.45, 2.75) is 26.9 Å². The molecular weight excluding hydrogens is 394 g/mol. The average Bonchev–Trinajstić information content (AvgIpc) is 3.08. The van der Waals surface area contributed by atoms with Gasteiger partial charge in [-0.1, -0.05) is 24.6 Å². The Hall–Kier alpha value is -2.58. The topological polar surface area (TPSA) is 74.3 Å². The Morgan fingerprint density at radius 1 is 1.28 bits per heavy atom. The van der Waals surface area contributed by atoms with Gasteiger partial charge in [-0.25, -0.2) is 4.79 Å². The molecule has 1 aromatic carbocycles. The number of aromatic nitrogens is 4. The molecule has 0 saturated carbocycles. The van der Waals surface area contributed by atoms with E-state index in [0.29, 0.717) is 41.9 Å². The first-order valence-corrected chi connectivity index (χ1v) is 10.1. The first-order valence-electron chi connectivity index (χ1n) is 9.73. The summed E-state index contributed by atoms with van der Waals surface area (Å²) in [6.07, 6.45) is 0. The molecular formula is C20H24ClN5O3. The van der Waals surface area contributed by atoms with E-state index in [9.17, 15) is 9.59 Å². The van der Waals surface area contributed by atoms with Gasteiger partial charge in [0.1, 0.15) is 0 Å². The third-order valence-corrected chi connectivity index (χ3v) is 5.46. The van der Waals surface area contributed by atoms with Crippen molar-refractivity contribution in [1.82, 2.24) is 18.7 Å². The lowest BCUT2D eigenvalue weighted by Crippen LogP contribution is -2.41. The number of hydrogen-bond donors (Lipinski definition) is 0. The molecule has 3 heterocycles. The van der Waals surface area contributed by atoms with Crippen LogP contribution < -0.4 is 16.1 Å². The number of halogens is 1. The van der Waals surface area contributed by atoms with E-state index >= 15 is 0 Å². The quantitative estimate of drug-likeness (QED) is 0.596. The Kier molecular flexibility index (Phi) is 5.23. The number of aryl methyl sites for hydroxylation is 1. The molecule has 0 bridgehead atoms. The minimum absolute atomic E-state index is 0.212. The summed E-state index contributed by atoms with van der Waals surface area (Å²) in [6.45, 7) is 6.46. The fraction of sp³-hybridized carbons (Fsp3) is 0.450. The number of imidazole rings is 1. The number of hydrogen-bond acceptors (Lipinski definition) is 5. The van der Waals surface area contributed by atoms with Crippen LogP contribution >= 0.6 is 11.6 Å². The molecule has 1 atom stereocenters. The van der Waals surface area contributed by atoms with Crippen LogP contribution in [0.15, 0.2) is 33.9 Å². The molecule has 0 fully saturated rings. The highest BCUT2D eigenvalue weighted by Gasteiger charge is 2.29. The van der Waals surface area contributed by atoms with Gasteiger partial charge in [0.05, 0.1) is 13.2 Å². The summed E-state index contributed by atoms with van der Waals surface area (Å²) in [7, 11) is 1.65. The molecule has 29 heavy (non-hydrogen) atoms. The van der Waals surface area contributed by atoms with Crippen LogP contribution in [-0.2, 0) is 24.9 Å². The van der Waals surface area contributed by atoms with Crippen LogP contribution in [0.4, 0.5) is 11.6 Å². The zero-order valence-corrected chi connectivity index (χ0v) is 17.5. The predicted octanol–water partition coefficient (Wildman–Crippen LogP) is 2.37. The Morgan fingerprint density at radius 2 is 2.07 bits per heavy atom. The third kappa shape index (κ3) is 3.36. The van der Waals surface area contributed by atoms with Gasteiger partial charge in [0.2, 0.25) is 5.95 Å². The molecule has 0 unspecified atom stereocenters. The lowest BCUT2D eigenvalue weighted by Gasteiger charge is -2.33. The molecule has 8 nitrogen and oxygen atoms in total. The lowest BCUT2D eigenvalue weighted by atomic mass is 10.1. The molecule has 0 aliphatic carbocycles. The first kappa shape index (κ1) is 19.7. The Morgan fingerprint density at radius 3 is 2.79 bits per heavy atom. The smallest absolute Gasteiger partial charge is 0.332 e. The van der Waals surface area contributed by atoms with Gasteiger partial charge in [-0.05, 0) is 31.0 Å². The average molecular weight is 418 g/mol. The Bertz CT molecular complexity index is 1180. The number of ether oxygens (including phenoxy) is 1. The lowest BCUT2D eigenvalue weighted by molar-refractivity contribution is 0.137. The molecule has 0 radical (unpaired) electrons. The minimum atomic E-state index is -0.389. The van der Waals surface area contributed by atoms with Crippen LogP contribution in [0.25, 0.3) is 11.2 Å². The van der Waals surface area contributed by atoms with E-state index < -0.39 is 0 Å². The van der Waals surface area contributed by atoms with Crippen molar-refractivity contribution in [2.24, 2.45) is 13.0 Å². The molecule has 0 spiro atoms. The summed E-state index contributed by atoms with van der Waals surface area (Å²) in [6, 6.07) is 7.55. The highest BCUT2D eigenvalue weighted by atomic mass is 35.5. The monoisotopic (exact) mass is 417 g/mol. The first-order chi connectivity index (χ1) is 13.9. The fourth-order valence-corrected chi connectivity index (χ4v) is 4.05. The molecule has 0 N–H and O–H groups in total. The van der Waals surface area contributed by atoms with Gasteiger partial charge in [-0.2, -0.15) is 4.98 Å². The molecule has 1 aliphatic rings. The highest BCUT2D eigenvalue weighted by Crippen LogP contribution is 2.33. The number of benzene rings is 1. The van der Waals surface area contributed by atoms with Crippen molar-refractivity contribution in [2.75, 3.05) is 24.7 Å². The van der Waals surface area contributed by atoms with Crippen molar-refractivity contribution >= 4 is 34.4 Å². The van der Waals surface area contributed by atoms with Crippen molar-refractivity contribution < 1.29 is 4.74 Å². The molecule has 1 aliphatic heterocycles. The van der Waals surface area contributed by atoms with E-state index in [1.54, 1.807) is 7.05 Å². The molecule has 0 amide bonds. The van der Waals surface area contributed by atoms with Gasteiger partial charge < -0.3 is 14.2 Å². The normalized spacial score (nSPS) is 16.4. The van der Waals surface area contributed by atoms with Gasteiger partial charge in [0, 0.05) is 37.5 Å². The number of nitrogens with zero attached hydrogens (tertiary/aromatic N) is 5. The van der Waals surface area contributed by atoms with E-state index in [4.69, 9.17) is 21.3 Å². The van der Waals surface area contributed by atoms with Crippen molar-refractivity contribution in [3.63, 3.8) is 0 Å². The maximum absolute atomic E-state index is 13.2. The van der Waals surface area contributed by atoms with Crippen LogP contribution in [-0.4, -0.2) is 38.4 Å². The summed E-state index contributed by atoms with van der Waals surface area (Å²) in [5, 5.41) is 0.633. The number of fused-ring (bicyclic) bond motifs is 3. The zero-order valence-electron chi connectivity index (χ0n) is 16.8. The largest absolute Gasteiger partial charge is 0.380 e. The van der Waals surface area contributed by atoms with Crippen molar-refractivity contribution in [3.8, 4) is 0 Å². The summed E-state index contributed by atoms with van der Waals surface area (Å²) in [5.74, 6) is 0.933. The van der Waals surface area contributed by atoms with Crippen LogP contribution in [0.3, 0.4) is 0 Å². The zero-order chi connectivity index (χ0) is 20.7. The van der Waals surface area contributed by atoms with Crippen LogP contribution in [0.5, 0.6) is 0 Å². The van der Waals surface area contributed by atoms with Crippen LogP contribution in [0, 0.1) is 5.92 Å². The SMILES string of the molecule is CCOCCn1c(=O)c2c(nc3n2C[C@@H](C)CN3c2cccc(Cl)c2)n(C)c1=O. The predicted molar refractivity (Wildman–Crippen MR) is 113 cm³/mol. The van der Waals surface area contributed by atoms with Crippen LogP contribution in [0.1, 0.15) is 13.8 Å². The third-order valence-electron chi connectivity index (χ3n) is 5.23. The summed E-state index contributed by atoms with van der Waals surface area (Å²) >= 11 is 6.19. The Labute approximate surface area is 172 Å². The summed E-state index contributed by atoms with van der Waals surface area (Å²) in [5.41, 5.74) is 1.02. The van der Waals surface area contributed by atoms with Crippen LogP contribution in [0.2, 0.25) is 5.02 Å². The van der Waals surface area contributed by atoms with Crippen molar-refractivity contribution in [1.29, 1.82) is 0 Å². The maximum atomic E-state index is 13.2. The maximum Gasteiger partial charge on any atom is 0.332 e. The molecule has 9 heteroatoms. The Balaban J connectivity index is 1.93. The molecule has 154 valence electrons. The van der Waals surface area contributed by atoms with Gasteiger partial charge in [0.15, 0.2) is 11.2 Å².